The fraction of sp³-hybridized carbons (Fsp3) is 0.900. The Labute approximate surface area is 86.2 Å². The molecule has 0 fully saturated rings. The molecule has 14 heavy (non-hydrogen) atoms. The zero-order valence-corrected chi connectivity index (χ0v) is 9.79. The van der Waals surface area contributed by atoms with Gasteiger partial charge in [-0.25, -0.2) is 0 Å². The third-order valence-electron chi connectivity index (χ3n) is 1.49. The van der Waals surface area contributed by atoms with Crippen LogP contribution >= 0.6 is 0 Å². The summed E-state index contributed by atoms with van der Waals surface area (Å²) >= 11 is 0. The van der Waals surface area contributed by atoms with Crippen LogP contribution in [0.2, 0.25) is 0 Å². The molecule has 4 heteroatoms. The van der Waals surface area contributed by atoms with Gasteiger partial charge >= 0.3 is 0 Å². The number of carbonyl (C=O) groups excluding carboxylic acids is 1. The molecule has 1 amide bonds. The number of rotatable bonds is 5. The topological polar surface area (TPSA) is 38.8 Å². The van der Waals surface area contributed by atoms with Crippen molar-refractivity contribution in [1.29, 1.82) is 0 Å². The van der Waals surface area contributed by atoms with Crippen molar-refractivity contribution in [3.05, 3.63) is 0 Å². The summed E-state index contributed by atoms with van der Waals surface area (Å²) in [5.74, 6) is -0.0271. The highest BCUT2D eigenvalue weighted by atomic mass is 16.5. The molecule has 0 saturated heterocycles. The largest absolute Gasteiger partial charge is 0.373 e. The Balaban J connectivity index is 3.35. The third-order valence-corrected chi connectivity index (χ3v) is 1.49. The molecule has 4 nitrogen and oxygen atoms in total. The van der Waals surface area contributed by atoms with Gasteiger partial charge in [0.05, 0.1) is 18.8 Å². The van der Waals surface area contributed by atoms with E-state index in [1.807, 2.05) is 20.8 Å². The Morgan fingerprint density at radius 3 is 2.21 bits per heavy atom. The minimum absolute atomic E-state index is 0.0271. The summed E-state index contributed by atoms with van der Waals surface area (Å²) in [6.07, 6.45) is 0. The summed E-state index contributed by atoms with van der Waals surface area (Å²) in [5, 5.41) is 0. The summed E-state index contributed by atoms with van der Waals surface area (Å²) in [4.78, 5) is 12.6. The molecular weight excluding hydrogens is 182 g/mol. The van der Waals surface area contributed by atoms with Gasteiger partial charge in [-0.1, -0.05) is 0 Å². The zero-order chi connectivity index (χ0) is 11.2. The maximum Gasteiger partial charge on any atom is 0.248 e. The lowest BCUT2D eigenvalue weighted by Crippen LogP contribution is -2.28. The average molecular weight is 203 g/mol. The maximum absolute atomic E-state index is 11.1. The second-order valence-electron chi connectivity index (χ2n) is 4.30. The van der Waals surface area contributed by atoms with E-state index in [2.05, 4.69) is 0 Å². The number of carbonyl (C=O) groups is 1. The minimum atomic E-state index is -0.144. The van der Waals surface area contributed by atoms with E-state index in [0.29, 0.717) is 13.2 Å². The van der Waals surface area contributed by atoms with Crippen LogP contribution in [-0.2, 0) is 14.3 Å². The van der Waals surface area contributed by atoms with Gasteiger partial charge in [0.15, 0.2) is 0 Å². The van der Waals surface area contributed by atoms with Gasteiger partial charge in [0.25, 0.3) is 0 Å². The van der Waals surface area contributed by atoms with Gasteiger partial charge in [0.1, 0.15) is 6.61 Å². The average Bonchev–Trinajstić information content (AvgIpc) is 2.01. The first-order valence-corrected chi connectivity index (χ1v) is 4.75. The molecule has 0 aromatic carbocycles. The van der Waals surface area contributed by atoms with E-state index in [-0.39, 0.29) is 18.1 Å². The molecule has 84 valence electrons. The highest BCUT2D eigenvalue weighted by Crippen LogP contribution is 2.05. The molecule has 0 aromatic heterocycles. The van der Waals surface area contributed by atoms with Crippen LogP contribution in [0.25, 0.3) is 0 Å². The van der Waals surface area contributed by atoms with E-state index in [0.717, 1.165) is 0 Å². The van der Waals surface area contributed by atoms with Crippen molar-refractivity contribution in [2.75, 3.05) is 33.9 Å². The standard InChI is InChI=1S/C10H21NO3/c1-10(2,3)14-7-6-13-8-9(12)11(4)5/h6-8H2,1-5H3. The quantitative estimate of drug-likeness (QED) is 0.623. The summed E-state index contributed by atoms with van der Waals surface area (Å²) in [5.41, 5.74) is -0.144. The Kier molecular flexibility index (Phi) is 5.72. The molecule has 0 atom stereocenters. The summed E-state index contributed by atoms with van der Waals surface area (Å²) in [6, 6.07) is 0. The zero-order valence-electron chi connectivity index (χ0n) is 9.79. The lowest BCUT2D eigenvalue weighted by molar-refractivity contribution is -0.134. The van der Waals surface area contributed by atoms with E-state index in [1.54, 1.807) is 14.1 Å². The Morgan fingerprint density at radius 1 is 1.21 bits per heavy atom. The molecule has 0 unspecified atom stereocenters. The summed E-state index contributed by atoms with van der Waals surface area (Å²) in [7, 11) is 3.41. The molecule has 0 radical (unpaired) electrons. The number of nitrogens with zero attached hydrogens (tertiary/aromatic N) is 1. The Bertz CT molecular complexity index is 173. The number of hydrogen-bond donors (Lipinski definition) is 0. The molecule has 0 heterocycles. The minimum Gasteiger partial charge on any atom is -0.373 e. The van der Waals surface area contributed by atoms with Crippen molar-refractivity contribution in [2.24, 2.45) is 0 Å². The van der Waals surface area contributed by atoms with E-state index < -0.39 is 0 Å². The molecule has 0 aliphatic heterocycles. The fourth-order valence-corrected chi connectivity index (χ4v) is 0.695. The van der Waals surface area contributed by atoms with E-state index >= 15 is 0 Å². The predicted molar refractivity (Wildman–Crippen MR) is 55.2 cm³/mol. The van der Waals surface area contributed by atoms with E-state index in [4.69, 9.17) is 9.47 Å². The molecule has 0 rings (SSSR count). The first-order valence-electron chi connectivity index (χ1n) is 4.75. The van der Waals surface area contributed by atoms with Crippen molar-refractivity contribution in [3.8, 4) is 0 Å². The smallest absolute Gasteiger partial charge is 0.248 e. The first kappa shape index (κ1) is 13.4. The van der Waals surface area contributed by atoms with Crippen molar-refractivity contribution in [1.82, 2.24) is 4.90 Å². The molecule has 0 aliphatic rings. The monoisotopic (exact) mass is 203 g/mol. The van der Waals surface area contributed by atoms with Crippen molar-refractivity contribution < 1.29 is 14.3 Å². The van der Waals surface area contributed by atoms with Crippen LogP contribution in [0.3, 0.4) is 0 Å². The van der Waals surface area contributed by atoms with Gasteiger partial charge in [0.2, 0.25) is 5.91 Å². The van der Waals surface area contributed by atoms with Gasteiger partial charge in [0, 0.05) is 14.1 Å². The van der Waals surface area contributed by atoms with Crippen molar-refractivity contribution >= 4 is 5.91 Å². The van der Waals surface area contributed by atoms with Crippen molar-refractivity contribution in [3.63, 3.8) is 0 Å². The number of likely N-dealkylation sites (N-methyl/N-ethyl adjacent to an activating group) is 1. The summed E-state index contributed by atoms with van der Waals surface area (Å²) < 4.78 is 10.6. The lowest BCUT2D eigenvalue weighted by Gasteiger charge is -2.19. The van der Waals surface area contributed by atoms with E-state index in [1.165, 1.54) is 4.90 Å². The second-order valence-corrected chi connectivity index (χ2v) is 4.30. The highest BCUT2D eigenvalue weighted by molar-refractivity contribution is 5.76. The SMILES string of the molecule is CN(C)C(=O)COCCOC(C)(C)C. The normalized spacial score (nSPS) is 11.5. The third kappa shape index (κ3) is 8.01. The van der Waals surface area contributed by atoms with Crippen LogP contribution in [0, 0.1) is 0 Å². The van der Waals surface area contributed by atoms with Gasteiger partial charge < -0.3 is 14.4 Å². The molecule has 0 bridgehead atoms. The highest BCUT2D eigenvalue weighted by Gasteiger charge is 2.09. The number of amides is 1. The van der Waals surface area contributed by atoms with Crippen LogP contribution in [0.1, 0.15) is 20.8 Å². The van der Waals surface area contributed by atoms with Gasteiger partial charge in [-0.2, -0.15) is 0 Å². The van der Waals surface area contributed by atoms with Crippen LogP contribution in [0.5, 0.6) is 0 Å². The Morgan fingerprint density at radius 2 is 1.79 bits per heavy atom. The van der Waals surface area contributed by atoms with Crippen molar-refractivity contribution in [2.45, 2.75) is 26.4 Å². The summed E-state index contributed by atoms with van der Waals surface area (Å²) in [6.45, 7) is 7.05. The van der Waals surface area contributed by atoms with Gasteiger partial charge in [-0.05, 0) is 20.8 Å². The number of hydrogen-bond acceptors (Lipinski definition) is 3. The molecular formula is C10H21NO3. The molecule has 0 N–H and O–H groups in total. The van der Waals surface area contributed by atoms with Gasteiger partial charge in [-0.3, -0.25) is 4.79 Å². The van der Waals surface area contributed by atoms with Crippen LogP contribution in [-0.4, -0.2) is 50.3 Å². The van der Waals surface area contributed by atoms with Crippen LogP contribution < -0.4 is 0 Å². The molecule has 0 aromatic rings. The fourth-order valence-electron chi connectivity index (χ4n) is 0.695. The van der Waals surface area contributed by atoms with Crippen LogP contribution in [0.15, 0.2) is 0 Å². The Hall–Kier alpha value is -0.610. The van der Waals surface area contributed by atoms with Crippen LogP contribution in [0.4, 0.5) is 0 Å². The predicted octanol–water partition coefficient (Wildman–Crippen LogP) is 0.906. The van der Waals surface area contributed by atoms with Gasteiger partial charge in [-0.15, -0.1) is 0 Å². The molecule has 0 saturated carbocycles. The maximum atomic E-state index is 11.1. The van der Waals surface area contributed by atoms with E-state index in [9.17, 15) is 4.79 Å². The molecule has 0 spiro atoms. The molecule has 0 aliphatic carbocycles. The second kappa shape index (κ2) is 5.98. The first-order chi connectivity index (χ1) is 6.33. The number of ether oxygens (including phenoxy) is 2. The lowest BCUT2D eigenvalue weighted by atomic mass is 10.2.